The van der Waals surface area contributed by atoms with Gasteiger partial charge >= 0.3 is 0 Å². The summed E-state index contributed by atoms with van der Waals surface area (Å²) in [5, 5.41) is -0.461. The molecule has 1 heterocycles. The van der Waals surface area contributed by atoms with E-state index in [4.69, 9.17) is 27.9 Å². The molecule has 0 aliphatic carbocycles. The zero-order valence-electron chi connectivity index (χ0n) is 5.40. The maximum Gasteiger partial charge on any atom is 0.242 e. The highest BCUT2D eigenvalue weighted by Crippen LogP contribution is 2.30. The fourth-order valence-corrected chi connectivity index (χ4v) is 1.23. The molecule has 0 N–H and O–H groups in total. The molecule has 10 heavy (non-hydrogen) atoms. The van der Waals surface area contributed by atoms with Crippen LogP contribution in [0.1, 0.15) is 12.8 Å². The van der Waals surface area contributed by atoms with E-state index in [0.717, 1.165) is 0 Å². The van der Waals surface area contributed by atoms with Gasteiger partial charge in [0.1, 0.15) is 4.87 Å². The summed E-state index contributed by atoms with van der Waals surface area (Å²) in [4.78, 5) is 9.85. The molecule has 4 heteroatoms. The van der Waals surface area contributed by atoms with Crippen LogP contribution >= 0.6 is 23.2 Å². The second-order valence-corrected chi connectivity index (χ2v) is 3.42. The lowest BCUT2D eigenvalue weighted by Gasteiger charge is -2.26. The fourth-order valence-electron chi connectivity index (χ4n) is 0.892. The van der Waals surface area contributed by atoms with E-state index in [1.165, 1.54) is 0 Å². The van der Waals surface area contributed by atoms with Crippen LogP contribution in [-0.2, 0) is 9.53 Å². The molecule has 0 amide bonds. The van der Waals surface area contributed by atoms with Crippen LogP contribution in [-0.4, -0.2) is 23.3 Å². The Kier molecular flexibility index (Phi) is 2.55. The van der Waals surface area contributed by atoms with E-state index in [0.29, 0.717) is 26.1 Å². The molecule has 1 aliphatic rings. The van der Waals surface area contributed by atoms with E-state index in [9.17, 15) is 4.79 Å². The van der Waals surface area contributed by atoms with Gasteiger partial charge in [-0.2, -0.15) is 0 Å². The molecule has 0 saturated carbocycles. The molecular formula is C6H8Cl2O2. The third-order valence-corrected chi connectivity index (χ3v) is 2.65. The van der Waals surface area contributed by atoms with Crippen molar-refractivity contribution in [2.24, 2.45) is 0 Å². The van der Waals surface area contributed by atoms with Crippen molar-refractivity contribution in [3.05, 3.63) is 0 Å². The van der Waals surface area contributed by atoms with Crippen molar-refractivity contribution in [3.63, 3.8) is 0 Å². The SMILES string of the molecule is O=C(Cl)C1(Cl)CCOCC1. The third kappa shape index (κ3) is 1.62. The van der Waals surface area contributed by atoms with Crippen LogP contribution in [0.4, 0.5) is 0 Å². The lowest BCUT2D eigenvalue weighted by atomic mass is 10.0. The van der Waals surface area contributed by atoms with Gasteiger partial charge in [0.15, 0.2) is 0 Å². The van der Waals surface area contributed by atoms with Gasteiger partial charge in [-0.05, 0) is 24.4 Å². The number of carbonyl (C=O) groups is 1. The summed E-state index contributed by atoms with van der Waals surface area (Å²) in [6, 6.07) is 0. The quantitative estimate of drug-likeness (QED) is 0.455. The molecule has 1 saturated heterocycles. The average Bonchev–Trinajstić information content (AvgIpc) is 1.89. The Bertz CT molecular complexity index is 141. The van der Waals surface area contributed by atoms with Crippen molar-refractivity contribution < 1.29 is 9.53 Å². The van der Waals surface area contributed by atoms with Crippen LogP contribution in [0.3, 0.4) is 0 Å². The summed E-state index contributed by atoms with van der Waals surface area (Å²) in [6.07, 6.45) is 1.05. The van der Waals surface area contributed by atoms with Crippen LogP contribution in [0.5, 0.6) is 0 Å². The average molecular weight is 183 g/mol. The van der Waals surface area contributed by atoms with Gasteiger partial charge in [0.05, 0.1) is 0 Å². The molecule has 1 fully saturated rings. The monoisotopic (exact) mass is 182 g/mol. The summed E-state index contributed by atoms with van der Waals surface area (Å²) in [7, 11) is 0. The lowest BCUT2D eigenvalue weighted by molar-refractivity contribution is -0.116. The van der Waals surface area contributed by atoms with Gasteiger partial charge in [-0.25, -0.2) is 0 Å². The highest BCUT2D eigenvalue weighted by Gasteiger charge is 2.36. The van der Waals surface area contributed by atoms with Crippen molar-refractivity contribution in [3.8, 4) is 0 Å². The first-order valence-electron chi connectivity index (χ1n) is 3.12. The lowest BCUT2D eigenvalue weighted by Crippen LogP contribution is -2.35. The minimum absolute atomic E-state index is 0.461. The van der Waals surface area contributed by atoms with Crippen LogP contribution in [0.25, 0.3) is 0 Å². The van der Waals surface area contributed by atoms with Gasteiger partial charge in [-0.1, -0.05) is 0 Å². The molecule has 58 valence electrons. The molecular weight excluding hydrogens is 175 g/mol. The van der Waals surface area contributed by atoms with Crippen LogP contribution < -0.4 is 0 Å². The van der Waals surface area contributed by atoms with Crippen molar-refractivity contribution in [2.45, 2.75) is 17.7 Å². The molecule has 0 radical (unpaired) electrons. The topological polar surface area (TPSA) is 26.3 Å². The molecule has 1 rings (SSSR count). The molecule has 0 atom stereocenters. The second-order valence-electron chi connectivity index (χ2n) is 2.35. The molecule has 1 aliphatic heterocycles. The van der Waals surface area contributed by atoms with Crippen molar-refractivity contribution in [1.29, 1.82) is 0 Å². The van der Waals surface area contributed by atoms with E-state index >= 15 is 0 Å². The van der Waals surface area contributed by atoms with E-state index in [1.807, 2.05) is 0 Å². The Morgan fingerprint density at radius 2 is 1.90 bits per heavy atom. The van der Waals surface area contributed by atoms with Crippen LogP contribution in [0, 0.1) is 0 Å². The number of alkyl halides is 1. The third-order valence-electron chi connectivity index (χ3n) is 1.64. The van der Waals surface area contributed by atoms with Gasteiger partial charge < -0.3 is 4.74 Å². The smallest absolute Gasteiger partial charge is 0.242 e. The largest absolute Gasteiger partial charge is 0.381 e. The Labute approximate surface area is 69.4 Å². The maximum atomic E-state index is 10.7. The highest BCUT2D eigenvalue weighted by molar-refractivity contribution is 6.70. The Balaban J connectivity index is 2.56. The highest BCUT2D eigenvalue weighted by atomic mass is 35.5. The zero-order valence-corrected chi connectivity index (χ0v) is 6.91. The number of hydrogen-bond donors (Lipinski definition) is 0. The predicted molar refractivity (Wildman–Crippen MR) is 39.5 cm³/mol. The minimum atomic E-state index is -0.847. The molecule has 0 aromatic rings. The zero-order chi connectivity index (χ0) is 7.61. The van der Waals surface area contributed by atoms with Gasteiger partial charge in [0, 0.05) is 13.2 Å². The van der Waals surface area contributed by atoms with Crippen LogP contribution in [0.15, 0.2) is 0 Å². The molecule has 0 aromatic carbocycles. The number of rotatable bonds is 1. The van der Waals surface area contributed by atoms with E-state index < -0.39 is 10.1 Å². The number of ether oxygens (including phenoxy) is 1. The van der Waals surface area contributed by atoms with E-state index in [2.05, 4.69) is 0 Å². The molecule has 2 nitrogen and oxygen atoms in total. The van der Waals surface area contributed by atoms with Crippen molar-refractivity contribution >= 4 is 28.4 Å². The molecule has 0 aromatic heterocycles. The normalized spacial score (nSPS) is 24.2. The summed E-state index contributed by atoms with van der Waals surface area (Å²) in [5.74, 6) is 0. The predicted octanol–water partition coefficient (Wildman–Crippen LogP) is 1.54. The van der Waals surface area contributed by atoms with E-state index in [-0.39, 0.29) is 0 Å². The van der Waals surface area contributed by atoms with Gasteiger partial charge in [-0.3, -0.25) is 4.79 Å². The number of halogens is 2. The molecule has 0 unspecified atom stereocenters. The van der Waals surface area contributed by atoms with Gasteiger partial charge in [-0.15, -0.1) is 11.6 Å². The summed E-state index contributed by atoms with van der Waals surface area (Å²) >= 11 is 11.1. The standard InChI is InChI=1S/C6H8Cl2O2/c7-5(9)6(8)1-3-10-4-2-6/h1-4H2. The first-order chi connectivity index (χ1) is 4.65. The Hall–Kier alpha value is 0.210. The van der Waals surface area contributed by atoms with Gasteiger partial charge in [0.2, 0.25) is 5.24 Å². The van der Waals surface area contributed by atoms with E-state index in [1.54, 1.807) is 0 Å². The number of carbonyl (C=O) groups excluding carboxylic acids is 1. The van der Waals surface area contributed by atoms with Crippen molar-refractivity contribution in [1.82, 2.24) is 0 Å². The Morgan fingerprint density at radius 1 is 1.40 bits per heavy atom. The van der Waals surface area contributed by atoms with Crippen LogP contribution in [0.2, 0.25) is 0 Å². The number of hydrogen-bond acceptors (Lipinski definition) is 2. The Morgan fingerprint density at radius 3 is 2.20 bits per heavy atom. The molecule has 0 bridgehead atoms. The summed E-state index contributed by atoms with van der Waals surface area (Å²) in [5.41, 5.74) is 0. The fraction of sp³-hybridized carbons (Fsp3) is 0.833. The maximum absolute atomic E-state index is 10.7. The van der Waals surface area contributed by atoms with Gasteiger partial charge in [0.25, 0.3) is 0 Å². The second kappa shape index (κ2) is 3.07. The summed E-state index contributed by atoms with van der Waals surface area (Å²) < 4.78 is 5.02. The molecule has 0 spiro atoms. The summed E-state index contributed by atoms with van der Waals surface area (Å²) in [6.45, 7) is 1.06. The first-order valence-corrected chi connectivity index (χ1v) is 3.87. The van der Waals surface area contributed by atoms with Crippen molar-refractivity contribution in [2.75, 3.05) is 13.2 Å². The minimum Gasteiger partial charge on any atom is -0.381 e. The first kappa shape index (κ1) is 8.31.